The fourth-order valence-electron chi connectivity index (χ4n) is 3.39. The maximum absolute atomic E-state index is 13.2. The van der Waals surface area contributed by atoms with Gasteiger partial charge in [0.2, 0.25) is 0 Å². The van der Waals surface area contributed by atoms with Crippen LogP contribution in [0.15, 0.2) is 70.7 Å². The molecule has 35 heavy (non-hydrogen) atoms. The van der Waals surface area contributed by atoms with E-state index in [1.165, 1.54) is 18.1 Å². The molecule has 0 radical (unpaired) electrons. The third kappa shape index (κ3) is 5.51. The van der Waals surface area contributed by atoms with Crippen molar-refractivity contribution in [2.75, 3.05) is 12.0 Å². The van der Waals surface area contributed by atoms with Crippen LogP contribution >= 0.6 is 51.3 Å². The number of amides is 2. The van der Waals surface area contributed by atoms with E-state index in [1.54, 1.807) is 54.6 Å². The summed E-state index contributed by atoms with van der Waals surface area (Å²) in [5.74, 6) is -0.277. The fourth-order valence-corrected chi connectivity index (χ4v) is 4.71. The number of hydrogen-bond donors (Lipinski definition) is 1. The van der Waals surface area contributed by atoms with Crippen molar-refractivity contribution < 1.29 is 19.1 Å². The third-order valence-electron chi connectivity index (χ3n) is 5.07. The van der Waals surface area contributed by atoms with Crippen LogP contribution in [0, 0.1) is 0 Å². The van der Waals surface area contributed by atoms with Gasteiger partial charge in [-0.3, -0.25) is 19.8 Å². The van der Waals surface area contributed by atoms with Crippen LogP contribution in [0.3, 0.4) is 0 Å². The van der Waals surface area contributed by atoms with Crippen LogP contribution in [0.5, 0.6) is 11.5 Å². The monoisotopic (exact) mass is 590 g/mol. The van der Waals surface area contributed by atoms with Gasteiger partial charge in [-0.15, -0.1) is 0 Å². The van der Waals surface area contributed by atoms with Crippen LogP contribution < -0.4 is 19.7 Å². The number of para-hydroxylation sites is 1. The summed E-state index contributed by atoms with van der Waals surface area (Å²) in [5, 5.41) is 3.60. The molecule has 0 spiro atoms. The van der Waals surface area contributed by atoms with Gasteiger partial charge in [0.25, 0.3) is 11.8 Å². The second kappa shape index (κ2) is 10.8. The Labute approximate surface area is 225 Å². The highest BCUT2D eigenvalue weighted by molar-refractivity contribution is 9.10. The number of nitrogens with zero attached hydrogens (tertiary/aromatic N) is 1. The van der Waals surface area contributed by atoms with Crippen molar-refractivity contribution in [3.8, 4) is 11.5 Å². The maximum Gasteiger partial charge on any atom is 0.270 e. The largest absolute Gasteiger partial charge is 0.493 e. The minimum atomic E-state index is -0.583. The topological polar surface area (TPSA) is 67.9 Å². The second-order valence-electron chi connectivity index (χ2n) is 7.35. The molecule has 10 heteroatoms. The number of methoxy groups -OCH3 is 1. The molecular weight excluding hydrogens is 575 g/mol. The Morgan fingerprint density at radius 1 is 1.09 bits per heavy atom. The van der Waals surface area contributed by atoms with E-state index in [0.29, 0.717) is 37.3 Å². The second-order valence-corrected chi connectivity index (χ2v) is 9.44. The standard InChI is InChI=1S/C25H17BrCl2N2O4S/c1-33-21-11-14(10-19(26)22(21)34-13-15-7-8-16(27)12-20(15)28)9-18-23(31)29-25(35)30(24(18)32)17-5-3-2-4-6-17/h2-12H,13H2,1H3,(H,29,31,35). The molecular formula is C25H17BrCl2N2O4S. The van der Waals surface area contributed by atoms with Crippen LogP contribution in [0.4, 0.5) is 5.69 Å². The molecule has 1 aliphatic heterocycles. The predicted octanol–water partition coefficient (Wildman–Crippen LogP) is 6.17. The molecule has 1 heterocycles. The minimum Gasteiger partial charge on any atom is -0.493 e. The van der Waals surface area contributed by atoms with E-state index in [0.717, 1.165) is 5.56 Å². The van der Waals surface area contributed by atoms with Crippen LogP contribution in [0.25, 0.3) is 6.08 Å². The zero-order chi connectivity index (χ0) is 25.1. The lowest BCUT2D eigenvalue weighted by atomic mass is 10.1. The van der Waals surface area contributed by atoms with E-state index in [9.17, 15) is 9.59 Å². The van der Waals surface area contributed by atoms with Gasteiger partial charge in [-0.2, -0.15) is 0 Å². The summed E-state index contributed by atoms with van der Waals surface area (Å²) in [4.78, 5) is 27.1. The molecule has 0 unspecified atom stereocenters. The molecule has 1 fully saturated rings. The average molecular weight is 592 g/mol. The van der Waals surface area contributed by atoms with Crippen molar-refractivity contribution in [2.45, 2.75) is 6.61 Å². The van der Waals surface area contributed by atoms with Gasteiger partial charge in [-0.1, -0.05) is 47.5 Å². The SMILES string of the molecule is COc1cc(C=C2C(=O)NC(=S)N(c3ccccc3)C2=O)cc(Br)c1OCc1ccc(Cl)cc1Cl. The highest BCUT2D eigenvalue weighted by atomic mass is 79.9. The first kappa shape index (κ1) is 25.2. The molecule has 4 rings (SSSR count). The Kier molecular flexibility index (Phi) is 7.76. The van der Waals surface area contributed by atoms with Crippen molar-refractivity contribution in [1.29, 1.82) is 0 Å². The van der Waals surface area contributed by atoms with E-state index < -0.39 is 11.8 Å². The maximum atomic E-state index is 13.2. The molecule has 6 nitrogen and oxygen atoms in total. The molecule has 0 aliphatic carbocycles. The molecule has 0 atom stereocenters. The van der Waals surface area contributed by atoms with E-state index in [1.807, 2.05) is 6.07 Å². The average Bonchev–Trinajstić information content (AvgIpc) is 2.82. The number of thiocarbonyl (C=S) groups is 1. The van der Waals surface area contributed by atoms with Crippen molar-refractivity contribution >= 4 is 80.0 Å². The van der Waals surface area contributed by atoms with Crippen molar-refractivity contribution in [2.24, 2.45) is 0 Å². The lowest BCUT2D eigenvalue weighted by molar-refractivity contribution is -0.122. The molecule has 1 aliphatic rings. The van der Waals surface area contributed by atoms with E-state index in [2.05, 4.69) is 21.2 Å². The van der Waals surface area contributed by atoms with E-state index in [4.69, 9.17) is 44.9 Å². The first-order chi connectivity index (χ1) is 16.8. The summed E-state index contributed by atoms with van der Waals surface area (Å²) >= 11 is 20.9. The Morgan fingerprint density at radius 2 is 1.83 bits per heavy atom. The van der Waals surface area contributed by atoms with Crippen molar-refractivity contribution in [3.05, 3.63) is 91.9 Å². The third-order valence-corrected chi connectivity index (χ3v) is 6.53. The lowest BCUT2D eigenvalue weighted by Crippen LogP contribution is -2.54. The molecule has 2 amide bonds. The number of ether oxygens (including phenoxy) is 2. The molecule has 1 saturated heterocycles. The minimum absolute atomic E-state index is 0.0201. The molecule has 0 bridgehead atoms. The summed E-state index contributed by atoms with van der Waals surface area (Å²) in [7, 11) is 1.49. The molecule has 1 N–H and O–H groups in total. The number of nitrogens with one attached hydrogen (secondary N) is 1. The lowest BCUT2D eigenvalue weighted by Gasteiger charge is -2.28. The van der Waals surface area contributed by atoms with Crippen LogP contribution in [0.1, 0.15) is 11.1 Å². The zero-order valence-corrected chi connectivity index (χ0v) is 22.1. The van der Waals surface area contributed by atoms with Crippen LogP contribution in [0.2, 0.25) is 10.0 Å². The molecule has 0 aromatic heterocycles. The first-order valence-electron chi connectivity index (χ1n) is 10.2. The summed E-state index contributed by atoms with van der Waals surface area (Å²) in [6.45, 7) is 0.176. The van der Waals surface area contributed by atoms with Crippen LogP contribution in [-0.4, -0.2) is 24.0 Å². The van der Waals surface area contributed by atoms with Gasteiger partial charge < -0.3 is 9.47 Å². The van der Waals surface area contributed by atoms with E-state index in [-0.39, 0.29) is 17.3 Å². The molecule has 3 aromatic rings. The quantitative estimate of drug-likeness (QED) is 0.211. The fraction of sp³-hybridized carbons (Fsp3) is 0.0800. The summed E-state index contributed by atoms with van der Waals surface area (Å²) in [5.41, 5.74) is 1.78. The molecule has 3 aromatic carbocycles. The highest BCUT2D eigenvalue weighted by Gasteiger charge is 2.34. The number of benzene rings is 3. The van der Waals surface area contributed by atoms with Gasteiger partial charge in [0, 0.05) is 15.6 Å². The van der Waals surface area contributed by atoms with Gasteiger partial charge in [0.1, 0.15) is 12.2 Å². The highest BCUT2D eigenvalue weighted by Crippen LogP contribution is 2.38. The van der Waals surface area contributed by atoms with Gasteiger partial charge in [0.15, 0.2) is 16.6 Å². The van der Waals surface area contributed by atoms with Gasteiger partial charge >= 0.3 is 0 Å². The van der Waals surface area contributed by atoms with Gasteiger partial charge in [0.05, 0.1) is 17.3 Å². The Balaban J connectivity index is 1.64. The normalized spacial score (nSPS) is 14.8. The summed E-state index contributed by atoms with van der Waals surface area (Å²) in [6.07, 6.45) is 1.47. The van der Waals surface area contributed by atoms with Crippen molar-refractivity contribution in [3.63, 3.8) is 0 Å². The number of carbonyl (C=O) groups excluding carboxylic acids is 2. The molecule has 0 saturated carbocycles. The summed E-state index contributed by atoms with van der Waals surface area (Å²) < 4.78 is 12.0. The van der Waals surface area contributed by atoms with E-state index >= 15 is 0 Å². The Bertz CT molecular complexity index is 1370. The summed E-state index contributed by atoms with van der Waals surface area (Å²) in [6, 6.07) is 17.4. The number of carbonyl (C=O) groups is 2. The number of hydrogen-bond acceptors (Lipinski definition) is 5. The van der Waals surface area contributed by atoms with Gasteiger partial charge in [-0.05, 0) is 76.2 Å². The van der Waals surface area contributed by atoms with Gasteiger partial charge in [-0.25, -0.2) is 0 Å². The number of rotatable bonds is 6. The Morgan fingerprint density at radius 3 is 2.51 bits per heavy atom. The first-order valence-corrected chi connectivity index (χ1v) is 12.1. The smallest absolute Gasteiger partial charge is 0.270 e. The Hall–Kier alpha value is -2.91. The predicted molar refractivity (Wildman–Crippen MR) is 144 cm³/mol. The van der Waals surface area contributed by atoms with Crippen molar-refractivity contribution in [1.82, 2.24) is 5.32 Å². The molecule has 178 valence electrons. The zero-order valence-electron chi connectivity index (χ0n) is 18.2. The number of halogens is 3. The van der Waals surface area contributed by atoms with Crippen LogP contribution in [-0.2, 0) is 16.2 Å². The number of anilines is 1.